The van der Waals surface area contributed by atoms with Crippen molar-refractivity contribution in [2.75, 3.05) is 24.7 Å². The summed E-state index contributed by atoms with van der Waals surface area (Å²) in [6.07, 6.45) is -3.39. The lowest BCUT2D eigenvalue weighted by atomic mass is 9.98. The number of carbonyl (C=O) groups is 2. The molecule has 1 fully saturated rings. The highest BCUT2D eigenvalue weighted by Crippen LogP contribution is 2.40. The van der Waals surface area contributed by atoms with Crippen LogP contribution in [0.1, 0.15) is 44.7 Å². The van der Waals surface area contributed by atoms with Gasteiger partial charge in [0, 0.05) is 36.4 Å². The van der Waals surface area contributed by atoms with Gasteiger partial charge in [-0.25, -0.2) is 18.2 Å². The van der Waals surface area contributed by atoms with Crippen molar-refractivity contribution in [3.63, 3.8) is 0 Å². The number of nitrogens with one attached hydrogen (secondary N) is 1. The number of aromatic nitrogens is 1. The van der Waals surface area contributed by atoms with Crippen LogP contribution in [0, 0.1) is 0 Å². The molecule has 4 aromatic rings. The summed E-state index contributed by atoms with van der Waals surface area (Å²) in [4.78, 5) is 32.6. The van der Waals surface area contributed by atoms with E-state index < -0.39 is 38.9 Å². The van der Waals surface area contributed by atoms with Gasteiger partial charge in [-0.15, -0.1) is 0 Å². The van der Waals surface area contributed by atoms with E-state index in [2.05, 4.69) is 10.3 Å². The van der Waals surface area contributed by atoms with Gasteiger partial charge in [0.2, 0.25) is 0 Å². The molecule has 1 heterocycles. The second-order valence-electron chi connectivity index (χ2n) is 12.1. The van der Waals surface area contributed by atoms with Crippen LogP contribution in [0.25, 0.3) is 10.8 Å². The van der Waals surface area contributed by atoms with Crippen molar-refractivity contribution >= 4 is 44.0 Å². The first-order valence-electron chi connectivity index (χ1n) is 15.8. The number of fused-ring (bicyclic) bond motifs is 1. The van der Waals surface area contributed by atoms with Gasteiger partial charge in [0.15, 0.2) is 21.3 Å². The van der Waals surface area contributed by atoms with Crippen LogP contribution in [0.15, 0.2) is 77.8 Å². The number of benzene rings is 3. The molecule has 1 unspecified atom stereocenters. The molecule has 0 bridgehead atoms. The van der Waals surface area contributed by atoms with E-state index in [9.17, 15) is 31.2 Å². The summed E-state index contributed by atoms with van der Waals surface area (Å²) in [5.41, 5.74) is 3.20. The van der Waals surface area contributed by atoms with Crippen molar-refractivity contribution in [2.45, 2.75) is 68.3 Å². The first-order chi connectivity index (χ1) is 23.6. The number of likely N-dealkylation sites (N-methyl/N-ethyl adjacent to an activating group) is 1. The molecule has 0 saturated heterocycles. The molecular weight excluding hydrogens is 677 g/mol. The molecule has 0 aliphatic heterocycles. The third kappa shape index (κ3) is 7.57. The predicted molar refractivity (Wildman–Crippen MR) is 180 cm³/mol. The third-order valence-electron chi connectivity index (χ3n) is 7.90. The number of hydrogen-bond donors (Lipinski definition) is 2. The van der Waals surface area contributed by atoms with Crippen LogP contribution in [-0.2, 0) is 36.4 Å². The zero-order chi connectivity index (χ0) is 36.4. The number of pyridine rings is 1. The SMILES string of the molecule is CCOc1cc(C(Nc2ccc3c(N)nccc3c2)(OC(=O)C(F)(F)F)C(=O)N(C)Cc2ccccc2S(=O)(=O)C2CC2)ccc1OC(C)C. The fraction of sp³-hybridized carbons (Fsp3) is 0.343. The summed E-state index contributed by atoms with van der Waals surface area (Å²) >= 11 is 0. The summed E-state index contributed by atoms with van der Waals surface area (Å²) < 4.78 is 85.4. The second kappa shape index (κ2) is 14.1. The molecule has 5 rings (SSSR count). The van der Waals surface area contributed by atoms with E-state index in [1.54, 1.807) is 45.0 Å². The van der Waals surface area contributed by atoms with Gasteiger partial charge in [-0.2, -0.15) is 13.2 Å². The van der Waals surface area contributed by atoms with E-state index in [0.29, 0.717) is 23.6 Å². The zero-order valence-corrected chi connectivity index (χ0v) is 28.6. The van der Waals surface area contributed by atoms with E-state index in [4.69, 9.17) is 19.9 Å². The monoisotopic (exact) mass is 714 g/mol. The Bertz CT molecular complexity index is 2020. The molecule has 0 radical (unpaired) electrons. The first-order valence-corrected chi connectivity index (χ1v) is 17.4. The molecule has 15 heteroatoms. The number of nitrogens with two attached hydrogens (primary N) is 1. The van der Waals surface area contributed by atoms with E-state index >= 15 is 0 Å². The van der Waals surface area contributed by atoms with E-state index in [-0.39, 0.29) is 58.3 Å². The number of anilines is 2. The van der Waals surface area contributed by atoms with Crippen molar-refractivity contribution in [3.8, 4) is 11.5 Å². The second-order valence-corrected chi connectivity index (χ2v) is 14.3. The van der Waals surface area contributed by atoms with Crippen LogP contribution in [0.4, 0.5) is 24.7 Å². The van der Waals surface area contributed by atoms with Crippen molar-refractivity contribution in [1.82, 2.24) is 9.88 Å². The maximum absolute atomic E-state index is 14.8. The average molecular weight is 715 g/mol. The average Bonchev–Trinajstić information content (AvgIpc) is 3.91. The first kappa shape index (κ1) is 36.2. The molecule has 11 nitrogen and oxygen atoms in total. The van der Waals surface area contributed by atoms with Crippen LogP contribution >= 0.6 is 0 Å². The summed E-state index contributed by atoms with van der Waals surface area (Å²) in [7, 11) is -2.46. The van der Waals surface area contributed by atoms with Gasteiger partial charge in [-0.3, -0.25) is 4.79 Å². The number of amides is 1. The minimum absolute atomic E-state index is 0.00235. The van der Waals surface area contributed by atoms with Crippen molar-refractivity contribution < 1.29 is 45.4 Å². The molecule has 266 valence electrons. The molecule has 0 spiro atoms. The minimum Gasteiger partial charge on any atom is -0.490 e. The van der Waals surface area contributed by atoms with Crippen LogP contribution in [0.2, 0.25) is 0 Å². The number of carbonyl (C=O) groups excluding carboxylic acids is 2. The normalized spacial score (nSPS) is 14.6. The Hall–Kier alpha value is -5.05. The lowest BCUT2D eigenvalue weighted by Gasteiger charge is -2.37. The molecular formula is C35H37F3N4O7S. The summed E-state index contributed by atoms with van der Waals surface area (Å²) in [5, 5.41) is 3.28. The Morgan fingerprint density at radius 2 is 1.76 bits per heavy atom. The molecule has 50 heavy (non-hydrogen) atoms. The van der Waals surface area contributed by atoms with E-state index in [1.165, 1.54) is 55.7 Å². The number of rotatable bonds is 13. The topological polar surface area (TPSA) is 150 Å². The largest absolute Gasteiger partial charge is 0.491 e. The summed E-state index contributed by atoms with van der Waals surface area (Å²) in [5.74, 6) is -3.31. The fourth-order valence-electron chi connectivity index (χ4n) is 5.47. The van der Waals surface area contributed by atoms with Crippen LogP contribution in [0.3, 0.4) is 0 Å². The van der Waals surface area contributed by atoms with Gasteiger partial charge in [0.25, 0.3) is 11.6 Å². The van der Waals surface area contributed by atoms with Gasteiger partial charge in [0.1, 0.15) is 5.82 Å². The summed E-state index contributed by atoms with van der Waals surface area (Å²) in [6.45, 7) is 4.98. The van der Waals surface area contributed by atoms with E-state index in [0.717, 1.165) is 4.90 Å². The molecule has 1 amide bonds. The van der Waals surface area contributed by atoms with Crippen LogP contribution in [-0.4, -0.2) is 61.4 Å². The number of nitrogens with zero attached hydrogens (tertiary/aromatic N) is 2. The maximum atomic E-state index is 14.8. The van der Waals surface area contributed by atoms with Gasteiger partial charge in [-0.1, -0.05) is 18.2 Å². The zero-order valence-electron chi connectivity index (χ0n) is 27.8. The van der Waals surface area contributed by atoms with E-state index in [1.807, 2.05) is 0 Å². The Morgan fingerprint density at radius 1 is 1.04 bits per heavy atom. The van der Waals surface area contributed by atoms with Crippen LogP contribution in [0.5, 0.6) is 11.5 Å². The fourth-order valence-corrected chi connectivity index (χ4v) is 7.35. The minimum atomic E-state index is -5.51. The van der Waals surface area contributed by atoms with Crippen molar-refractivity contribution in [2.24, 2.45) is 0 Å². The summed E-state index contributed by atoms with van der Waals surface area (Å²) in [6, 6.07) is 16.1. The third-order valence-corrected chi connectivity index (χ3v) is 10.3. The number of sulfone groups is 1. The highest BCUT2D eigenvalue weighted by molar-refractivity contribution is 7.92. The van der Waals surface area contributed by atoms with Crippen molar-refractivity contribution in [1.29, 1.82) is 0 Å². The predicted octanol–water partition coefficient (Wildman–Crippen LogP) is 5.97. The number of halogens is 3. The number of alkyl halides is 3. The Labute approximate surface area is 287 Å². The molecule has 1 aromatic heterocycles. The highest BCUT2D eigenvalue weighted by atomic mass is 32.2. The standard InChI is InChI=1S/C35H37F3N4O7S/c1-5-47-29-19-24(10-15-28(29)48-21(2)3)34(49-33(44)35(36,37)38,41-25-11-14-27-22(18-25)16-17-40-31(27)39)32(43)42(4)20-23-8-6-7-9-30(23)50(45,46)26-12-13-26/h6-11,14-19,21,26,41H,5,12-13,20H2,1-4H3,(H2,39,40). The highest BCUT2D eigenvalue weighted by Gasteiger charge is 2.53. The number of ether oxygens (including phenoxy) is 3. The number of nitrogen functional groups attached to an aromatic ring is 1. The Balaban J connectivity index is 1.70. The molecule has 1 aliphatic rings. The quantitative estimate of drug-likeness (QED) is 0.125. The molecule has 1 saturated carbocycles. The van der Waals surface area contributed by atoms with Crippen LogP contribution < -0.4 is 20.5 Å². The number of esters is 1. The smallest absolute Gasteiger partial charge is 0.490 e. The van der Waals surface area contributed by atoms with Crippen molar-refractivity contribution in [3.05, 3.63) is 84.1 Å². The molecule has 3 aromatic carbocycles. The molecule has 1 atom stereocenters. The lowest BCUT2D eigenvalue weighted by Crippen LogP contribution is -2.54. The number of hydrogen-bond acceptors (Lipinski definition) is 10. The maximum Gasteiger partial charge on any atom is 0.491 e. The lowest BCUT2D eigenvalue weighted by molar-refractivity contribution is -0.215. The Kier molecular flexibility index (Phi) is 10.2. The molecule has 3 N–H and O–H groups in total. The van der Waals surface area contributed by atoms with Gasteiger partial charge in [0.05, 0.1) is 22.9 Å². The van der Waals surface area contributed by atoms with Gasteiger partial charge >= 0.3 is 12.1 Å². The van der Waals surface area contributed by atoms with Gasteiger partial charge in [-0.05, 0) is 93.1 Å². The Morgan fingerprint density at radius 3 is 2.42 bits per heavy atom. The molecule has 1 aliphatic carbocycles. The van der Waals surface area contributed by atoms with Gasteiger partial charge < -0.3 is 30.2 Å².